The third kappa shape index (κ3) is 2.34. The van der Waals surface area contributed by atoms with Crippen LogP contribution in [0.4, 0.5) is 0 Å². The molecule has 0 spiro atoms. The maximum absolute atomic E-state index is 13.1. The summed E-state index contributed by atoms with van der Waals surface area (Å²) in [6.45, 7) is -0.709. The van der Waals surface area contributed by atoms with Crippen molar-refractivity contribution in [1.29, 1.82) is 0 Å². The van der Waals surface area contributed by atoms with Crippen LogP contribution in [0.1, 0.15) is 11.5 Å². The number of sulfone groups is 1. The molecule has 6 nitrogen and oxygen atoms in total. The molecule has 1 saturated carbocycles. The van der Waals surface area contributed by atoms with E-state index in [0.29, 0.717) is 17.1 Å². The van der Waals surface area contributed by atoms with Gasteiger partial charge in [-0.1, -0.05) is 24.3 Å². The van der Waals surface area contributed by atoms with Gasteiger partial charge in [0.25, 0.3) is 0 Å². The first-order valence-electron chi connectivity index (χ1n) is 7.95. The summed E-state index contributed by atoms with van der Waals surface area (Å²) < 4.78 is 36.8. The van der Waals surface area contributed by atoms with Gasteiger partial charge in [0.15, 0.2) is 21.3 Å². The van der Waals surface area contributed by atoms with Gasteiger partial charge in [-0.15, -0.1) is 0 Å². The van der Waals surface area contributed by atoms with Crippen molar-refractivity contribution in [3.63, 3.8) is 0 Å². The average molecular weight is 362 g/mol. The highest BCUT2D eigenvalue weighted by Gasteiger charge is 2.70. The summed E-state index contributed by atoms with van der Waals surface area (Å²) in [5.41, 5.74) is -0.403. The third-order valence-electron chi connectivity index (χ3n) is 5.13. The van der Waals surface area contributed by atoms with Crippen molar-refractivity contribution in [3.05, 3.63) is 54.1 Å². The zero-order valence-corrected chi connectivity index (χ0v) is 14.1. The molecule has 25 heavy (non-hydrogen) atoms. The predicted molar refractivity (Wildman–Crippen MR) is 89.3 cm³/mol. The number of hydrogen-bond donors (Lipinski definition) is 2. The average Bonchev–Trinajstić information content (AvgIpc) is 3.12. The number of aliphatic hydroxyl groups excluding tert-OH is 2. The van der Waals surface area contributed by atoms with E-state index >= 15 is 0 Å². The Kier molecular flexibility index (Phi) is 3.75. The Morgan fingerprint density at radius 3 is 2.36 bits per heavy atom. The molecule has 2 unspecified atom stereocenters. The lowest BCUT2D eigenvalue weighted by Gasteiger charge is -2.11. The molecule has 0 bridgehead atoms. The zero-order valence-electron chi connectivity index (χ0n) is 13.3. The van der Waals surface area contributed by atoms with Crippen LogP contribution in [-0.4, -0.2) is 43.9 Å². The Morgan fingerprint density at radius 1 is 1.00 bits per heavy atom. The van der Waals surface area contributed by atoms with Crippen LogP contribution in [-0.2, 0) is 9.84 Å². The molecule has 0 saturated heterocycles. The Bertz CT molecular complexity index is 889. The van der Waals surface area contributed by atoms with Crippen molar-refractivity contribution in [2.45, 2.75) is 16.1 Å². The zero-order chi connectivity index (χ0) is 17.7. The Balaban J connectivity index is 1.77. The Morgan fingerprint density at radius 2 is 1.68 bits per heavy atom. The van der Waals surface area contributed by atoms with E-state index in [0.717, 1.165) is 0 Å². The van der Waals surface area contributed by atoms with Crippen molar-refractivity contribution in [1.82, 2.24) is 0 Å². The van der Waals surface area contributed by atoms with Gasteiger partial charge in [-0.25, -0.2) is 8.42 Å². The molecule has 1 fully saturated rings. The van der Waals surface area contributed by atoms with Crippen molar-refractivity contribution in [3.8, 4) is 11.5 Å². The van der Waals surface area contributed by atoms with Crippen LogP contribution < -0.4 is 9.47 Å². The monoisotopic (exact) mass is 362 g/mol. The van der Waals surface area contributed by atoms with E-state index in [2.05, 4.69) is 0 Å². The number of ether oxygens (including phenoxy) is 2. The summed E-state index contributed by atoms with van der Waals surface area (Å²) in [4.78, 5) is 0.189. The lowest BCUT2D eigenvalue weighted by molar-refractivity contribution is 0.130. The molecule has 0 radical (unpaired) electrons. The van der Waals surface area contributed by atoms with E-state index < -0.39 is 39.6 Å². The highest BCUT2D eigenvalue weighted by Crippen LogP contribution is 2.64. The molecule has 1 heterocycles. The fourth-order valence-electron chi connectivity index (χ4n) is 3.74. The first-order chi connectivity index (χ1) is 12.0. The van der Waals surface area contributed by atoms with E-state index in [-0.39, 0.29) is 11.7 Å². The fourth-order valence-corrected chi connectivity index (χ4v) is 6.19. The van der Waals surface area contributed by atoms with Crippen molar-refractivity contribution < 1.29 is 28.1 Å². The van der Waals surface area contributed by atoms with Gasteiger partial charge in [0, 0.05) is 11.3 Å². The first kappa shape index (κ1) is 16.4. The minimum Gasteiger partial charge on any atom is -0.454 e. The lowest BCUT2D eigenvalue weighted by atomic mass is 10.0. The highest BCUT2D eigenvalue weighted by atomic mass is 32.2. The summed E-state index contributed by atoms with van der Waals surface area (Å²) in [5.74, 6) is 0.637. The number of benzene rings is 2. The molecule has 0 aromatic heterocycles. The summed E-state index contributed by atoms with van der Waals surface area (Å²) in [5, 5.41) is 18.9. The second-order valence-corrected chi connectivity index (χ2v) is 8.49. The molecule has 4 rings (SSSR count). The second-order valence-electron chi connectivity index (χ2n) is 6.42. The van der Waals surface area contributed by atoms with Gasteiger partial charge in [-0.05, 0) is 29.8 Å². The van der Waals surface area contributed by atoms with E-state index in [1.54, 1.807) is 36.4 Å². The second kappa shape index (κ2) is 5.72. The molecule has 7 heteroatoms. The SMILES string of the molecule is O=S(=O)(c1ccccc1)C1C(c2ccc3c(c2)OCO3)C1(CO)CO. The topological polar surface area (TPSA) is 93.1 Å². The van der Waals surface area contributed by atoms with Gasteiger partial charge in [0.05, 0.1) is 23.4 Å². The van der Waals surface area contributed by atoms with E-state index in [4.69, 9.17) is 9.47 Å². The summed E-state index contributed by atoms with van der Waals surface area (Å²) in [7, 11) is -3.70. The van der Waals surface area contributed by atoms with E-state index in [9.17, 15) is 18.6 Å². The van der Waals surface area contributed by atoms with Gasteiger partial charge < -0.3 is 19.7 Å². The normalized spacial score (nSPS) is 23.4. The van der Waals surface area contributed by atoms with Crippen LogP contribution in [0.15, 0.2) is 53.4 Å². The minimum atomic E-state index is -3.70. The summed E-state index contributed by atoms with van der Waals surface area (Å²) in [6.07, 6.45) is 0. The molecular weight excluding hydrogens is 344 g/mol. The maximum Gasteiger partial charge on any atom is 0.231 e. The molecule has 132 valence electrons. The van der Waals surface area contributed by atoms with Crippen molar-refractivity contribution in [2.75, 3.05) is 20.0 Å². The van der Waals surface area contributed by atoms with Crippen LogP contribution in [0.5, 0.6) is 11.5 Å². The van der Waals surface area contributed by atoms with Gasteiger partial charge in [-0.3, -0.25) is 0 Å². The molecule has 2 aliphatic rings. The number of rotatable bonds is 5. The van der Waals surface area contributed by atoms with Crippen LogP contribution >= 0.6 is 0 Å². The van der Waals surface area contributed by atoms with Gasteiger partial charge in [-0.2, -0.15) is 0 Å². The molecule has 2 aromatic rings. The number of hydrogen-bond acceptors (Lipinski definition) is 6. The molecule has 1 aliphatic carbocycles. The largest absolute Gasteiger partial charge is 0.454 e. The van der Waals surface area contributed by atoms with Crippen LogP contribution in [0.25, 0.3) is 0 Å². The predicted octanol–water partition coefficient (Wildman–Crippen LogP) is 1.33. The maximum atomic E-state index is 13.1. The molecule has 1 aliphatic heterocycles. The van der Waals surface area contributed by atoms with Gasteiger partial charge in [0.1, 0.15) is 0 Å². The summed E-state index contributed by atoms with van der Waals surface area (Å²) >= 11 is 0. The van der Waals surface area contributed by atoms with E-state index in [1.165, 1.54) is 12.1 Å². The summed E-state index contributed by atoms with van der Waals surface area (Å²) in [6, 6.07) is 13.3. The Labute approximate surface area is 145 Å². The van der Waals surface area contributed by atoms with E-state index in [1.807, 2.05) is 0 Å². The Hall–Kier alpha value is -2.09. The molecule has 2 atom stereocenters. The molecular formula is C18H18O6S. The van der Waals surface area contributed by atoms with Gasteiger partial charge in [0.2, 0.25) is 6.79 Å². The molecule has 2 N–H and O–H groups in total. The first-order valence-corrected chi connectivity index (χ1v) is 9.49. The highest BCUT2D eigenvalue weighted by molar-refractivity contribution is 7.92. The third-order valence-corrected chi connectivity index (χ3v) is 7.47. The van der Waals surface area contributed by atoms with Gasteiger partial charge >= 0.3 is 0 Å². The van der Waals surface area contributed by atoms with Crippen molar-refractivity contribution >= 4 is 9.84 Å². The smallest absolute Gasteiger partial charge is 0.231 e. The quantitative estimate of drug-likeness (QED) is 0.833. The number of fused-ring (bicyclic) bond motifs is 1. The van der Waals surface area contributed by atoms with Crippen LogP contribution in [0, 0.1) is 5.41 Å². The minimum absolute atomic E-state index is 0.125. The lowest BCUT2D eigenvalue weighted by Crippen LogP contribution is -2.22. The number of aliphatic hydroxyl groups is 2. The fraction of sp³-hybridized carbons (Fsp3) is 0.333. The van der Waals surface area contributed by atoms with Crippen LogP contribution in [0.3, 0.4) is 0 Å². The standard InChI is InChI=1S/C18H18O6S/c19-9-18(10-20)16(12-6-7-14-15(8-12)24-11-23-14)17(18)25(21,22)13-4-2-1-3-5-13/h1-8,16-17,19-20H,9-11H2. The van der Waals surface area contributed by atoms with Crippen LogP contribution in [0.2, 0.25) is 0 Å². The molecule has 0 amide bonds. The molecule has 2 aromatic carbocycles. The van der Waals surface area contributed by atoms with Crippen molar-refractivity contribution in [2.24, 2.45) is 5.41 Å².